The Morgan fingerprint density at radius 3 is 2.24 bits per heavy atom. The summed E-state index contributed by atoms with van der Waals surface area (Å²) in [6.07, 6.45) is 3.80. The van der Waals surface area contributed by atoms with Gasteiger partial charge in [-0.2, -0.15) is 0 Å². The molecule has 1 aromatic rings. The summed E-state index contributed by atoms with van der Waals surface area (Å²) >= 11 is 17.4. The van der Waals surface area contributed by atoms with Gasteiger partial charge in [0.15, 0.2) is 0 Å². The quantitative estimate of drug-likeness (QED) is 0.422. The molecular formula is C13H15BrCl2Si. The molecule has 3 rings (SSSR count). The predicted octanol–water partition coefficient (Wildman–Crippen LogP) is 4.38. The van der Waals surface area contributed by atoms with Gasteiger partial charge in [0.1, 0.15) is 0 Å². The fourth-order valence-corrected chi connectivity index (χ4v) is 9.32. The molecule has 0 heterocycles. The molecule has 0 N–H and O–H groups in total. The number of halogens is 3. The predicted molar refractivity (Wildman–Crippen MR) is 80.8 cm³/mol. The molecule has 0 saturated heterocycles. The van der Waals surface area contributed by atoms with Crippen molar-refractivity contribution in [3.8, 4) is 0 Å². The van der Waals surface area contributed by atoms with E-state index in [1.54, 1.807) is 0 Å². The molecule has 0 aliphatic heterocycles. The molecular weight excluding hydrogens is 335 g/mol. The van der Waals surface area contributed by atoms with E-state index in [9.17, 15) is 0 Å². The Labute approximate surface area is 121 Å². The lowest BCUT2D eigenvalue weighted by Gasteiger charge is -2.32. The van der Waals surface area contributed by atoms with Gasteiger partial charge in [0.2, 0.25) is 0 Å². The normalized spacial score (nSPS) is 36.4. The van der Waals surface area contributed by atoms with Gasteiger partial charge in [-0.15, -0.1) is 22.2 Å². The number of alkyl halides is 1. The second-order valence-electron chi connectivity index (χ2n) is 5.34. The van der Waals surface area contributed by atoms with E-state index in [0.717, 1.165) is 11.8 Å². The minimum Gasteiger partial charge on any atom is -0.139 e. The number of hydrogen-bond donors (Lipinski definition) is 0. The van der Waals surface area contributed by atoms with Crippen LogP contribution in [0.25, 0.3) is 0 Å². The highest BCUT2D eigenvalue weighted by molar-refractivity contribution is 9.09. The van der Waals surface area contributed by atoms with Gasteiger partial charge in [0, 0.05) is 4.83 Å². The Balaban J connectivity index is 1.86. The average molecular weight is 350 g/mol. The smallest absolute Gasteiger partial charge is 0.139 e. The van der Waals surface area contributed by atoms with Crippen molar-refractivity contribution in [1.29, 1.82) is 0 Å². The zero-order chi connectivity index (χ0) is 12.0. The van der Waals surface area contributed by atoms with Gasteiger partial charge in [-0.1, -0.05) is 46.3 Å². The zero-order valence-electron chi connectivity index (χ0n) is 9.45. The first-order valence-electron chi connectivity index (χ1n) is 6.16. The van der Waals surface area contributed by atoms with Crippen molar-refractivity contribution in [2.45, 2.75) is 29.6 Å². The molecule has 1 aromatic carbocycles. The Kier molecular flexibility index (Phi) is 3.36. The van der Waals surface area contributed by atoms with Crippen LogP contribution in [0, 0.1) is 11.8 Å². The van der Waals surface area contributed by atoms with Gasteiger partial charge in [-0.25, -0.2) is 0 Å². The number of benzene rings is 1. The number of fused-ring (bicyclic) bond motifs is 2. The number of rotatable bonds is 2. The summed E-state index contributed by atoms with van der Waals surface area (Å²) in [6.45, 7) is -2.31. The minimum atomic E-state index is -2.31. The Hall–Kier alpha value is 0.497. The van der Waals surface area contributed by atoms with Crippen LogP contribution >= 0.6 is 38.1 Å². The third kappa shape index (κ3) is 2.11. The molecule has 0 nitrogen and oxygen atoms in total. The maximum absolute atomic E-state index is 6.80. The van der Waals surface area contributed by atoms with Gasteiger partial charge in [-0.3, -0.25) is 0 Å². The molecule has 2 fully saturated rings. The molecule has 2 saturated carbocycles. The van der Waals surface area contributed by atoms with Crippen molar-refractivity contribution in [3.63, 3.8) is 0 Å². The first-order valence-corrected chi connectivity index (χ1v) is 11.2. The van der Waals surface area contributed by atoms with Crippen LogP contribution in [0.5, 0.6) is 0 Å². The van der Waals surface area contributed by atoms with E-state index < -0.39 is 6.69 Å². The molecule has 4 atom stereocenters. The molecule has 0 radical (unpaired) electrons. The molecule has 0 aromatic heterocycles. The molecule has 4 heteroatoms. The largest absolute Gasteiger partial charge is 0.284 e. The molecule has 2 aliphatic rings. The van der Waals surface area contributed by atoms with E-state index >= 15 is 0 Å². The zero-order valence-corrected chi connectivity index (χ0v) is 13.5. The van der Waals surface area contributed by atoms with Crippen molar-refractivity contribution < 1.29 is 0 Å². The van der Waals surface area contributed by atoms with Crippen LogP contribution < -0.4 is 5.19 Å². The monoisotopic (exact) mass is 348 g/mol. The molecule has 17 heavy (non-hydrogen) atoms. The Bertz CT molecular complexity index is 407. The fraction of sp³-hybridized carbons (Fsp3) is 0.538. The van der Waals surface area contributed by atoms with E-state index in [0.29, 0.717) is 10.4 Å². The van der Waals surface area contributed by atoms with Crippen molar-refractivity contribution in [2.75, 3.05) is 0 Å². The van der Waals surface area contributed by atoms with Crippen molar-refractivity contribution in [2.24, 2.45) is 11.8 Å². The third-order valence-corrected chi connectivity index (χ3v) is 11.2. The fourth-order valence-electron chi connectivity index (χ4n) is 3.52. The lowest BCUT2D eigenvalue weighted by atomic mass is 10.00. The highest BCUT2D eigenvalue weighted by Gasteiger charge is 2.54. The van der Waals surface area contributed by atoms with E-state index in [1.165, 1.54) is 24.4 Å². The third-order valence-electron chi connectivity index (χ3n) is 4.40. The number of hydrogen-bond acceptors (Lipinski definition) is 0. The van der Waals surface area contributed by atoms with Crippen LogP contribution in [0.15, 0.2) is 30.3 Å². The van der Waals surface area contributed by atoms with E-state index in [4.69, 9.17) is 22.2 Å². The summed E-state index contributed by atoms with van der Waals surface area (Å²) < 4.78 is 0. The first kappa shape index (κ1) is 12.5. The van der Waals surface area contributed by atoms with Gasteiger partial charge in [0.25, 0.3) is 6.69 Å². The summed E-state index contributed by atoms with van der Waals surface area (Å²) in [5, 5.41) is 1.19. The topological polar surface area (TPSA) is 0 Å². The van der Waals surface area contributed by atoms with Crippen molar-refractivity contribution in [1.82, 2.24) is 0 Å². The molecule has 2 bridgehead atoms. The molecule has 0 spiro atoms. The van der Waals surface area contributed by atoms with Crippen molar-refractivity contribution >= 4 is 50.0 Å². The van der Waals surface area contributed by atoms with Crippen molar-refractivity contribution in [3.05, 3.63) is 30.3 Å². The maximum atomic E-state index is 6.80. The van der Waals surface area contributed by atoms with E-state index in [2.05, 4.69) is 28.1 Å². The van der Waals surface area contributed by atoms with Gasteiger partial charge in [-0.05, 0) is 41.8 Å². The van der Waals surface area contributed by atoms with E-state index in [1.807, 2.05) is 18.2 Å². The lowest BCUT2D eigenvalue weighted by Crippen LogP contribution is -2.44. The summed E-state index contributed by atoms with van der Waals surface area (Å²) in [5.74, 6) is 1.55. The summed E-state index contributed by atoms with van der Waals surface area (Å²) in [6, 6.07) is 10.3. The Morgan fingerprint density at radius 2 is 1.71 bits per heavy atom. The van der Waals surface area contributed by atoms with E-state index in [-0.39, 0.29) is 0 Å². The lowest BCUT2D eigenvalue weighted by molar-refractivity contribution is 0.492. The molecule has 2 aliphatic carbocycles. The minimum absolute atomic E-state index is 0.548. The Morgan fingerprint density at radius 1 is 1.00 bits per heavy atom. The van der Waals surface area contributed by atoms with Gasteiger partial charge >= 0.3 is 0 Å². The molecule has 0 unspecified atom stereocenters. The second-order valence-corrected chi connectivity index (χ2v) is 13.2. The van der Waals surface area contributed by atoms with Crippen LogP contribution in [0.3, 0.4) is 0 Å². The van der Waals surface area contributed by atoms with Crippen LogP contribution in [0.4, 0.5) is 0 Å². The highest BCUT2D eigenvalue weighted by Crippen LogP contribution is 2.58. The summed E-state index contributed by atoms with van der Waals surface area (Å²) in [4.78, 5) is 0.706. The van der Waals surface area contributed by atoms with Gasteiger partial charge in [0.05, 0.1) is 0 Å². The summed E-state index contributed by atoms with van der Waals surface area (Å²) in [5.41, 5.74) is 0.548. The maximum Gasteiger partial charge on any atom is 0.284 e. The standard InChI is InChI=1S/C13H15BrCl2Si/c14-12-7-10-6-9(12)8-13(10)17(15,16)11-4-2-1-3-5-11/h1-5,9-10,12-13H,6-8H2/t9-,10-,12+,13+/m0/s1. The molecule has 92 valence electrons. The van der Waals surface area contributed by atoms with Crippen LogP contribution in [0.1, 0.15) is 19.3 Å². The van der Waals surface area contributed by atoms with Crippen LogP contribution in [-0.4, -0.2) is 11.5 Å². The highest BCUT2D eigenvalue weighted by atomic mass is 79.9. The van der Waals surface area contributed by atoms with Gasteiger partial charge < -0.3 is 0 Å². The van der Waals surface area contributed by atoms with Crippen LogP contribution in [-0.2, 0) is 0 Å². The first-order chi connectivity index (χ1) is 8.09. The molecule has 0 amide bonds. The SMILES string of the molecule is Cl[Si](Cl)(c1ccccc1)[C@@H]1C[C@@H]2C[C@H]1C[C@H]2Br. The van der Waals surface area contributed by atoms with Crippen LogP contribution in [0.2, 0.25) is 5.54 Å². The summed E-state index contributed by atoms with van der Waals surface area (Å²) in [7, 11) is 0. The second kappa shape index (κ2) is 4.55. The average Bonchev–Trinajstić information content (AvgIpc) is 2.89.